The van der Waals surface area contributed by atoms with Crippen molar-refractivity contribution in [2.75, 3.05) is 13.7 Å². The van der Waals surface area contributed by atoms with E-state index in [4.69, 9.17) is 15.2 Å². The van der Waals surface area contributed by atoms with Gasteiger partial charge in [0.05, 0.1) is 13.2 Å². The molecule has 2 aliphatic rings. The van der Waals surface area contributed by atoms with Crippen LogP contribution in [0.1, 0.15) is 54.7 Å². The number of benzene rings is 2. The van der Waals surface area contributed by atoms with Gasteiger partial charge in [-0.15, -0.1) is 12.4 Å². The number of halogens is 1. The maximum absolute atomic E-state index is 12.5. The highest BCUT2D eigenvalue weighted by molar-refractivity contribution is 5.85. The van der Waals surface area contributed by atoms with Crippen LogP contribution in [0, 0.1) is 5.92 Å². The Labute approximate surface area is 191 Å². The second-order valence-corrected chi connectivity index (χ2v) is 8.54. The van der Waals surface area contributed by atoms with Crippen molar-refractivity contribution in [2.24, 2.45) is 11.7 Å². The molecule has 0 unspecified atom stereocenters. The summed E-state index contributed by atoms with van der Waals surface area (Å²) in [4.78, 5) is 12.5. The van der Waals surface area contributed by atoms with E-state index in [0.29, 0.717) is 13.1 Å². The van der Waals surface area contributed by atoms with Crippen LogP contribution in [-0.2, 0) is 17.8 Å². The fourth-order valence-electron chi connectivity index (χ4n) is 4.73. The van der Waals surface area contributed by atoms with E-state index < -0.39 is 0 Å². The van der Waals surface area contributed by atoms with Crippen LogP contribution in [0.25, 0.3) is 0 Å². The molecule has 4 rings (SSSR count). The van der Waals surface area contributed by atoms with Gasteiger partial charge >= 0.3 is 0 Å². The summed E-state index contributed by atoms with van der Waals surface area (Å²) >= 11 is 0. The Morgan fingerprint density at radius 2 is 1.84 bits per heavy atom. The van der Waals surface area contributed by atoms with E-state index in [2.05, 4.69) is 29.6 Å². The standard InChI is InChI=1S/C25H32N2O3.ClH/c1-29-23-10-9-19(14-24(23)30-22-7-2-3-8-22)21-13-20(25(28)27-16-21)12-17-5-4-6-18(11-17)15-26;/h4-6,9-11,14,20-22H,2-3,7-8,12-13,15-16,26H2,1H3,(H,27,28);1H/t20-,21-;/m1./s1. The number of nitrogens with one attached hydrogen (secondary N) is 1. The quantitative estimate of drug-likeness (QED) is 0.665. The van der Waals surface area contributed by atoms with Crippen molar-refractivity contribution in [2.45, 2.75) is 57.1 Å². The first-order valence-corrected chi connectivity index (χ1v) is 11.1. The number of carbonyl (C=O) groups excluding carboxylic acids is 1. The molecule has 1 aliphatic carbocycles. The molecule has 0 aromatic heterocycles. The monoisotopic (exact) mass is 444 g/mol. The van der Waals surface area contributed by atoms with Crippen molar-refractivity contribution in [3.63, 3.8) is 0 Å². The summed E-state index contributed by atoms with van der Waals surface area (Å²) in [5.41, 5.74) is 9.24. The van der Waals surface area contributed by atoms with Gasteiger partial charge in [0.25, 0.3) is 0 Å². The van der Waals surface area contributed by atoms with Gasteiger partial charge < -0.3 is 20.5 Å². The van der Waals surface area contributed by atoms with Gasteiger partial charge in [0.2, 0.25) is 5.91 Å². The average molecular weight is 445 g/mol. The molecule has 2 fully saturated rings. The normalized spacial score (nSPS) is 21.3. The summed E-state index contributed by atoms with van der Waals surface area (Å²) in [6, 6.07) is 14.5. The minimum atomic E-state index is -0.0434. The van der Waals surface area contributed by atoms with Crippen LogP contribution in [0.4, 0.5) is 0 Å². The number of hydrogen-bond acceptors (Lipinski definition) is 4. The molecule has 168 valence electrons. The van der Waals surface area contributed by atoms with Crippen LogP contribution in [0.5, 0.6) is 11.5 Å². The Bertz CT molecular complexity index is 883. The summed E-state index contributed by atoms with van der Waals surface area (Å²) in [5.74, 6) is 1.97. The lowest BCUT2D eigenvalue weighted by atomic mass is 9.82. The Hall–Kier alpha value is -2.24. The first-order chi connectivity index (χ1) is 14.7. The molecule has 2 aromatic rings. The van der Waals surface area contributed by atoms with Crippen molar-refractivity contribution >= 4 is 18.3 Å². The summed E-state index contributed by atoms with van der Waals surface area (Å²) in [6.45, 7) is 1.18. The fraction of sp³-hybridized carbons (Fsp3) is 0.480. The van der Waals surface area contributed by atoms with Crippen LogP contribution < -0.4 is 20.5 Å². The summed E-state index contributed by atoms with van der Waals surface area (Å²) in [6.07, 6.45) is 6.52. The lowest BCUT2D eigenvalue weighted by Gasteiger charge is -2.30. The number of piperidine rings is 1. The second kappa shape index (κ2) is 10.9. The highest BCUT2D eigenvalue weighted by Crippen LogP contribution is 2.37. The van der Waals surface area contributed by atoms with Gasteiger partial charge in [-0.05, 0) is 67.3 Å². The summed E-state index contributed by atoms with van der Waals surface area (Å²) < 4.78 is 11.8. The lowest BCUT2D eigenvalue weighted by Crippen LogP contribution is -2.41. The van der Waals surface area contributed by atoms with Gasteiger partial charge in [0, 0.05) is 24.9 Å². The highest BCUT2D eigenvalue weighted by Gasteiger charge is 2.30. The number of rotatable bonds is 7. The Morgan fingerprint density at radius 1 is 1.06 bits per heavy atom. The van der Waals surface area contributed by atoms with E-state index in [1.807, 2.05) is 18.2 Å². The van der Waals surface area contributed by atoms with Gasteiger partial charge in [-0.25, -0.2) is 0 Å². The van der Waals surface area contributed by atoms with Gasteiger partial charge in [-0.2, -0.15) is 0 Å². The first kappa shape index (κ1) is 23.4. The predicted octanol–water partition coefficient (Wildman–Crippen LogP) is 4.36. The zero-order valence-corrected chi connectivity index (χ0v) is 19.0. The number of nitrogens with two attached hydrogens (primary N) is 1. The molecule has 0 bridgehead atoms. The molecule has 3 N–H and O–H groups in total. The predicted molar refractivity (Wildman–Crippen MR) is 125 cm³/mol. The van der Waals surface area contributed by atoms with Crippen LogP contribution in [-0.4, -0.2) is 25.7 Å². The zero-order chi connectivity index (χ0) is 20.9. The number of ether oxygens (including phenoxy) is 2. The van der Waals surface area contributed by atoms with Gasteiger partial charge in [-0.1, -0.05) is 30.3 Å². The maximum atomic E-state index is 12.5. The van der Waals surface area contributed by atoms with Crippen molar-refractivity contribution in [1.82, 2.24) is 5.32 Å². The lowest BCUT2D eigenvalue weighted by molar-refractivity contribution is -0.126. The Morgan fingerprint density at radius 3 is 2.58 bits per heavy atom. The van der Waals surface area contributed by atoms with E-state index in [9.17, 15) is 4.79 Å². The van der Waals surface area contributed by atoms with E-state index in [-0.39, 0.29) is 36.3 Å². The van der Waals surface area contributed by atoms with Crippen LogP contribution >= 0.6 is 12.4 Å². The van der Waals surface area contributed by atoms with E-state index >= 15 is 0 Å². The highest BCUT2D eigenvalue weighted by atomic mass is 35.5. The molecule has 5 nitrogen and oxygen atoms in total. The summed E-state index contributed by atoms with van der Waals surface area (Å²) in [7, 11) is 1.68. The minimum Gasteiger partial charge on any atom is -0.493 e. The molecule has 1 saturated carbocycles. The Kier molecular flexibility index (Phi) is 8.22. The van der Waals surface area contributed by atoms with Gasteiger partial charge in [0.1, 0.15) is 0 Å². The average Bonchev–Trinajstić information content (AvgIpc) is 3.28. The third-order valence-corrected chi connectivity index (χ3v) is 6.43. The van der Waals surface area contributed by atoms with Gasteiger partial charge in [-0.3, -0.25) is 4.79 Å². The molecule has 0 spiro atoms. The molecule has 2 atom stereocenters. The topological polar surface area (TPSA) is 73.6 Å². The van der Waals surface area contributed by atoms with Crippen LogP contribution in [0.3, 0.4) is 0 Å². The van der Waals surface area contributed by atoms with Gasteiger partial charge in [0.15, 0.2) is 11.5 Å². The summed E-state index contributed by atoms with van der Waals surface area (Å²) in [5, 5.41) is 3.12. The molecule has 0 radical (unpaired) electrons. The number of methoxy groups -OCH3 is 1. The Balaban J connectivity index is 0.00000272. The molecule has 1 heterocycles. The first-order valence-electron chi connectivity index (χ1n) is 11.1. The molecular weight excluding hydrogens is 412 g/mol. The third-order valence-electron chi connectivity index (χ3n) is 6.43. The smallest absolute Gasteiger partial charge is 0.223 e. The number of carbonyl (C=O) groups is 1. The molecule has 1 saturated heterocycles. The third kappa shape index (κ3) is 5.72. The molecule has 1 aliphatic heterocycles. The number of amides is 1. The molecule has 1 amide bonds. The van der Waals surface area contributed by atoms with Crippen molar-refractivity contribution in [3.05, 3.63) is 59.2 Å². The van der Waals surface area contributed by atoms with Crippen LogP contribution in [0.15, 0.2) is 42.5 Å². The SMILES string of the molecule is COc1ccc([C@H]2CNC(=O)[C@H](Cc3cccc(CN)c3)C2)cc1OC1CCCC1.Cl. The molecule has 2 aromatic carbocycles. The van der Waals surface area contributed by atoms with Crippen molar-refractivity contribution in [1.29, 1.82) is 0 Å². The van der Waals surface area contributed by atoms with Crippen molar-refractivity contribution in [3.8, 4) is 11.5 Å². The molecule has 31 heavy (non-hydrogen) atoms. The minimum absolute atomic E-state index is 0. The number of hydrogen-bond donors (Lipinski definition) is 2. The zero-order valence-electron chi connectivity index (χ0n) is 18.1. The largest absolute Gasteiger partial charge is 0.493 e. The molecular formula is C25H33ClN2O3. The maximum Gasteiger partial charge on any atom is 0.223 e. The fourth-order valence-corrected chi connectivity index (χ4v) is 4.73. The molecule has 6 heteroatoms. The van der Waals surface area contributed by atoms with Crippen molar-refractivity contribution < 1.29 is 14.3 Å². The second-order valence-electron chi connectivity index (χ2n) is 8.54. The van der Waals surface area contributed by atoms with E-state index in [0.717, 1.165) is 42.7 Å². The van der Waals surface area contributed by atoms with E-state index in [1.54, 1.807) is 7.11 Å². The van der Waals surface area contributed by atoms with E-state index in [1.165, 1.54) is 24.0 Å². The van der Waals surface area contributed by atoms with Crippen LogP contribution in [0.2, 0.25) is 0 Å².